The van der Waals surface area contributed by atoms with Crippen LogP contribution in [0.3, 0.4) is 0 Å². The van der Waals surface area contributed by atoms with E-state index in [1.54, 1.807) is 29.5 Å². The fourth-order valence-corrected chi connectivity index (χ4v) is 2.86. The first kappa shape index (κ1) is 12.3. The average molecular weight is 266 g/mol. The molecule has 0 saturated carbocycles. The van der Waals surface area contributed by atoms with E-state index in [1.165, 1.54) is 17.8 Å². The maximum absolute atomic E-state index is 13.3. The van der Waals surface area contributed by atoms with Gasteiger partial charge in [0.2, 0.25) is 0 Å². The molecule has 17 heavy (non-hydrogen) atoms. The Morgan fingerprint density at radius 3 is 2.82 bits per heavy atom. The minimum Gasteiger partial charge on any atom is -0.298 e. The van der Waals surface area contributed by atoms with Crippen LogP contribution in [0, 0.1) is 5.82 Å². The number of halogens is 1. The van der Waals surface area contributed by atoms with E-state index in [4.69, 9.17) is 0 Å². The van der Waals surface area contributed by atoms with Gasteiger partial charge < -0.3 is 0 Å². The highest BCUT2D eigenvalue weighted by atomic mass is 32.2. The van der Waals surface area contributed by atoms with Crippen molar-refractivity contribution in [2.24, 2.45) is 0 Å². The van der Waals surface area contributed by atoms with Crippen molar-refractivity contribution >= 4 is 28.9 Å². The number of carbonyl (C=O) groups is 1. The molecule has 0 saturated heterocycles. The van der Waals surface area contributed by atoms with Crippen LogP contribution < -0.4 is 0 Å². The fraction of sp³-hybridized carbons (Fsp3) is 0.154. The normalized spacial score (nSPS) is 10.4. The molecule has 0 aliphatic rings. The molecule has 0 fully saturated rings. The highest BCUT2D eigenvalue weighted by Gasteiger charge is 2.07. The van der Waals surface area contributed by atoms with Gasteiger partial charge in [0.25, 0.3) is 0 Å². The second-order valence-corrected chi connectivity index (χ2v) is 5.36. The third-order valence-electron chi connectivity index (χ3n) is 2.21. The quantitative estimate of drug-likeness (QED) is 0.766. The van der Waals surface area contributed by atoms with Crippen LogP contribution in [-0.2, 0) is 11.2 Å². The lowest BCUT2D eigenvalue weighted by molar-refractivity contribution is -0.115. The summed E-state index contributed by atoms with van der Waals surface area (Å²) in [6.45, 7) is 0. The van der Waals surface area contributed by atoms with Crippen molar-refractivity contribution < 1.29 is 9.18 Å². The summed E-state index contributed by atoms with van der Waals surface area (Å²) in [6.07, 6.45) is 0.435. The van der Waals surface area contributed by atoms with Crippen LogP contribution in [0.5, 0.6) is 0 Å². The summed E-state index contributed by atoms with van der Waals surface area (Å²) in [5.41, 5.74) is 1.04. The Kier molecular flexibility index (Phi) is 4.34. The molecule has 4 heteroatoms. The standard InChI is InChI=1S/C13H11FOS2/c14-12-3-1-2-4-13(12)17-9-11(15)7-10-5-6-16-8-10/h1-6,8H,7,9H2. The van der Waals surface area contributed by atoms with Crippen LogP contribution in [0.25, 0.3) is 0 Å². The first-order chi connectivity index (χ1) is 8.25. The molecule has 1 heterocycles. The molecule has 0 atom stereocenters. The molecule has 0 bridgehead atoms. The topological polar surface area (TPSA) is 17.1 Å². The van der Waals surface area contributed by atoms with Crippen molar-refractivity contribution in [3.05, 3.63) is 52.5 Å². The van der Waals surface area contributed by atoms with Gasteiger partial charge in [-0.2, -0.15) is 11.3 Å². The number of benzene rings is 1. The lowest BCUT2D eigenvalue weighted by Crippen LogP contribution is -2.04. The molecule has 1 nitrogen and oxygen atoms in total. The maximum Gasteiger partial charge on any atom is 0.147 e. The molecule has 1 aromatic heterocycles. The van der Waals surface area contributed by atoms with Gasteiger partial charge in [0.15, 0.2) is 0 Å². The van der Waals surface area contributed by atoms with E-state index in [2.05, 4.69) is 0 Å². The lowest BCUT2D eigenvalue weighted by atomic mass is 10.2. The number of hydrogen-bond donors (Lipinski definition) is 0. The number of ketones is 1. The van der Waals surface area contributed by atoms with Gasteiger partial charge in [-0.05, 0) is 34.5 Å². The van der Waals surface area contributed by atoms with Gasteiger partial charge in [-0.1, -0.05) is 12.1 Å². The van der Waals surface area contributed by atoms with Gasteiger partial charge in [0.1, 0.15) is 11.6 Å². The molecule has 0 unspecified atom stereocenters. The number of rotatable bonds is 5. The molecule has 2 aromatic rings. The van der Waals surface area contributed by atoms with Gasteiger partial charge in [-0.15, -0.1) is 11.8 Å². The Morgan fingerprint density at radius 2 is 2.12 bits per heavy atom. The van der Waals surface area contributed by atoms with Crippen molar-refractivity contribution in [1.29, 1.82) is 0 Å². The zero-order chi connectivity index (χ0) is 12.1. The van der Waals surface area contributed by atoms with E-state index in [9.17, 15) is 9.18 Å². The van der Waals surface area contributed by atoms with Crippen molar-refractivity contribution in [3.8, 4) is 0 Å². The smallest absolute Gasteiger partial charge is 0.147 e. The van der Waals surface area contributed by atoms with Crippen LogP contribution in [0.1, 0.15) is 5.56 Å². The molecule has 0 N–H and O–H groups in total. The second kappa shape index (κ2) is 5.98. The second-order valence-electron chi connectivity index (χ2n) is 3.57. The molecule has 2 rings (SSSR count). The van der Waals surface area contributed by atoms with Crippen LogP contribution in [-0.4, -0.2) is 11.5 Å². The molecule has 0 spiro atoms. The first-order valence-electron chi connectivity index (χ1n) is 5.16. The zero-order valence-electron chi connectivity index (χ0n) is 9.06. The van der Waals surface area contributed by atoms with Gasteiger partial charge in [0, 0.05) is 11.3 Å². The maximum atomic E-state index is 13.3. The Bertz CT molecular complexity index is 494. The number of thioether (sulfide) groups is 1. The summed E-state index contributed by atoms with van der Waals surface area (Å²) in [5, 5.41) is 3.91. The number of carbonyl (C=O) groups excluding carboxylic acids is 1. The fourth-order valence-electron chi connectivity index (χ4n) is 1.39. The average Bonchev–Trinajstić information content (AvgIpc) is 2.81. The van der Waals surface area contributed by atoms with E-state index in [0.29, 0.717) is 17.1 Å². The van der Waals surface area contributed by atoms with Crippen LogP contribution >= 0.6 is 23.1 Å². The van der Waals surface area contributed by atoms with Gasteiger partial charge >= 0.3 is 0 Å². The van der Waals surface area contributed by atoms with Crippen LogP contribution in [0.2, 0.25) is 0 Å². The highest BCUT2D eigenvalue weighted by molar-refractivity contribution is 8.00. The molecule has 0 aliphatic heterocycles. The Balaban J connectivity index is 1.86. The predicted molar refractivity (Wildman–Crippen MR) is 70.2 cm³/mol. The SMILES string of the molecule is O=C(CSc1ccccc1F)Cc1ccsc1. The predicted octanol–water partition coefficient (Wildman–Crippen LogP) is 3.79. The Hall–Kier alpha value is -1.13. The van der Waals surface area contributed by atoms with Crippen molar-refractivity contribution in [2.45, 2.75) is 11.3 Å². The molecule has 0 amide bonds. The number of thiophene rings is 1. The van der Waals surface area contributed by atoms with Crippen LogP contribution in [0.15, 0.2) is 46.0 Å². The molecule has 0 aliphatic carbocycles. The monoisotopic (exact) mass is 266 g/mol. The number of Topliss-reactive ketones (excluding diaryl/α,β-unsaturated/α-hetero) is 1. The van der Waals surface area contributed by atoms with Crippen molar-refractivity contribution in [1.82, 2.24) is 0 Å². The van der Waals surface area contributed by atoms with Gasteiger partial charge in [0.05, 0.1) is 5.75 Å². The molecular formula is C13H11FOS2. The lowest BCUT2D eigenvalue weighted by Gasteiger charge is -2.01. The summed E-state index contributed by atoms with van der Waals surface area (Å²) < 4.78 is 13.3. The molecule has 0 radical (unpaired) electrons. The molecule has 1 aromatic carbocycles. The summed E-state index contributed by atoms with van der Waals surface area (Å²) in [6, 6.07) is 8.46. The molecular weight excluding hydrogens is 255 g/mol. The van der Waals surface area contributed by atoms with E-state index in [1.807, 2.05) is 16.8 Å². The first-order valence-corrected chi connectivity index (χ1v) is 7.08. The minimum atomic E-state index is -0.263. The van der Waals surface area contributed by atoms with Crippen molar-refractivity contribution in [3.63, 3.8) is 0 Å². The van der Waals surface area contributed by atoms with Crippen molar-refractivity contribution in [2.75, 3.05) is 5.75 Å². The zero-order valence-corrected chi connectivity index (χ0v) is 10.7. The minimum absolute atomic E-state index is 0.122. The highest BCUT2D eigenvalue weighted by Crippen LogP contribution is 2.21. The summed E-state index contributed by atoms with van der Waals surface area (Å²) >= 11 is 2.84. The molecule has 88 valence electrons. The van der Waals surface area contributed by atoms with E-state index in [-0.39, 0.29) is 11.6 Å². The van der Waals surface area contributed by atoms with E-state index in [0.717, 1.165) is 5.56 Å². The Labute approximate surface area is 108 Å². The van der Waals surface area contributed by atoms with E-state index >= 15 is 0 Å². The summed E-state index contributed by atoms with van der Waals surface area (Å²) in [5.74, 6) is 0.175. The summed E-state index contributed by atoms with van der Waals surface area (Å²) in [4.78, 5) is 12.2. The number of hydrogen-bond acceptors (Lipinski definition) is 3. The van der Waals surface area contributed by atoms with Gasteiger partial charge in [-0.25, -0.2) is 4.39 Å². The largest absolute Gasteiger partial charge is 0.298 e. The third-order valence-corrected chi connectivity index (χ3v) is 4.05. The van der Waals surface area contributed by atoms with E-state index < -0.39 is 0 Å². The third kappa shape index (κ3) is 3.68. The van der Waals surface area contributed by atoms with Crippen LogP contribution in [0.4, 0.5) is 4.39 Å². The summed E-state index contributed by atoms with van der Waals surface area (Å²) in [7, 11) is 0. The van der Waals surface area contributed by atoms with Gasteiger partial charge in [-0.3, -0.25) is 4.79 Å². The Morgan fingerprint density at radius 1 is 1.29 bits per heavy atom.